The summed E-state index contributed by atoms with van der Waals surface area (Å²) in [4.78, 5) is 25.1. The predicted octanol–water partition coefficient (Wildman–Crippen LogP) is 7.83. The maximum Gasteiger partial charge on any atom is 0.306 e. The molecule has 4 N–H and O–H groups in total. The van der Waals surface area contributed by atoms with Crippen molar-refractivity contribution in [3.8, 4) is 0 Å². The highest BCUT2D eigenvalue weighted by Gasteiger charge is 2.44. The maximum absolute atomic E-state index is 12.7. The van der Waals surface area contributed by atoms with Crippen molar-refractivity contribution in [2.75, 3.05) is 19.8 Å². The lowest BCUT2D eigenvalue weighted by Crippen LogP contribution is -2.59. The summed E-state index contributed by atoms with van der Waals surface area (Å²) in [6.07, 6.45) is 22.6. The predicted molar refractivity (Wildman–Crippen MR) is 197 cm³/mol. The number of aliphatic hydroxyl groups is 4. The summed E-state index contributed by atoms with van der Waals surface area (Å²) in [5.74, 6) is -0.799. The van der Waals surface area contributed by atoms with E-state index in [2.05, 4.69) is 13.8 Å². The number of ether oxygens (including phenoxy) is 4. The Morgan fingerprint density at radius 3 is 1.36 bits per heavy atom. The fourth-order valence-corrected chi connectivity index (χ4v) is 6.42. The van der Waals surface area contributed by atoms with Crippen LogP contribution in [0.4, 0.5) is 0 Å². The molecular weight excluding hydrogens is 640 g/mol. The van der Waals surface area contributed by atoms with Crippen molar-refractivity contribution in [3.05, 3.63) is 0 Å². The van der Waals surface area contributed by atoms with Gasteiger partial charge in [-0.25, -0.2) is 0 Å². The molecule has 10 heteroatoms. The van der Waals surface area contributed by atoms with Crippen LogP contribution >= 0.6 is 0 Å². The number of esters is 2. The molecule has 0 bridgehead atoms. The summed E-state index contributed by atoms with van der Waals surface area (Å²) in [5, 5.41) is 39.9. The Labute approximate surface area is 304 Å². The van der Waals surface area contributed by atoms with Gasteiger partial charge in [0.05, 0.1) is 13.2 Å². The van der Waals surface area contributed by atoms with Crippen molar-refractivity contribution in [1.29, 1.82) is 0 Å². The van der Waals surface area contributed by atoms with E-state index in [1.54, 1.807) is 0 Å². The van der Waals surface area contributed by atoms with Crippen LogP contribution in [0, 0.1) is 0 Å². The minimum atomic E-state index is -1.59. The average Bonchev–Trinajstić information content (AvgIpc) is 3.11. The van der Waals surface area contributed by atoms with Gasteiger partial charge in [-0.15, -0.1) is 0 Å². The summed E-state index contributed by atoms with van der Waals surface area (Å²) in [7, 11) is 0. The van der Waals surface area contributed by atoms with Crippen molar-refractivity contribution in [1.82, 2.24) is 0 Å². The molecule has 1 rings (SSSR count). The molecule has 0 aromatic carbocycles. The van der Waals surface area contributed by atoms with Crippen LogP contribution in [0.2, 0.25) is 0 Å². The molecule has 1 heterocycles. The molecule has 1 fully saturated rings. The summed E-state index contributed by atoms with van der Waals surface area (Å²) >= 11 is 0. The van der Waals surface area contributed by atoms with Crippen LogP contribution in [-0.4, -0.2) is 89.0 Å². The zero-order valence-electron chi connectivity index (χ0n) is 31.9. The second-order valence-electron chi connectivity index (χ2n) is 14.5. The van der Waals surface area contributed by atoms with Gasteiger partial charge in [0.1, 0.15) is 31.0 Å². The minimum Gasteiger partial charge on any atom is -0.462 e. The lowest BCUT2D eigenvalue weighted by Gasteiger charge is -2.39. The van der Waals surface area contributed by atoms with Gasteiger partial charge in [0.25, 0.3) is 0 Å². The van der Waals surface area contributed by atoms with E-state index in [0.29, 0.717) is 6.42 Å². The molecule has 0 saturated carbocycles. The Balaban J connectivity index is 2.33. The van der Waals surface area contributed by atoms with E-state index in [9.17, 15) is 30.0 Å². The van der Waals surface area contributed by atoms with Crippen molar-refractivity contribution >= 4 is 11.9 Å². The minimum absolute atomic E-state index is 0.210. The molecule has 1 aliphatic rings. The van der Waals surface area contributed by atoms with Crippen LogP contribution < -0.4 is 0 Å². The van der Waals surface area contributed by atoms with Crippen molar-refractivity contribution in [2.24, 2.45) is 0 Å². The number of hydrogen-bond acceptors (Lipinski definition) is 10. The van der Waals surface area contributed by atoms with Crippen molar-refractivity contribution in [3.63, 3.8) is 0 Å². The zero-order valence-corrected chi connectivity index (χ0v) is 31.9. The Morgan fingerprint density at radius 1 is 0.540 bits per heavy atom. The van der Waals surface area contributed by atoms with Gasteiger partial charge in [-0.3, -0.25) is 9.59 Å². The van der Waals surface area contributed by atoms with E-state index in [4.69, 9.17) is 18.9 Å². The average molecular weight is 717 g/mol. The van der Waals surface area contributed by atoms with Gasteiger partial charge >= 0.3 is 11.9 Å². The fourth-order valence-electron chi connectivity index (χ4n) is 6.42. The van der Waals surface area contributed by atoms with Crippen LogP contribution in [0.15, 0.2) is 0 Å². The van der Waals surface area contributed by atoms with Gasteiger partial charge < -0.3 is 39.4 Å². The first-order valence-corrected chi connectivity index (χ1v) is 20.6. The Bertz CT molecular complexity index is 794. The van der Waals surface area contributed by atoms with E-state index >= 15 is 0 Å². The standard InChI is InChI=1S/C40H76O10/c1-3-5-7-9-11-13-14-15-16-17-18-19-21-23-25-27-29-36(43)49-33(32-48-40-39(46)38(45)37(44)34(30-41)50-40)31-47-35(42)28-26-24-22-20-12-10-8-6-4-2/h33-34,37-41,44-46H,3-32H2,1-2H3/t33-,34-,37+,38?,39?,40-/m1/s1. The first-order valence-electron chi connectivity index (χ1n) is 20.6. The second kappa shape index (κ2) is 32.4. The molecule has 1 aliphatic heterocycles. The van der Waals surface area contributed by atoms with E-state index < -0.39 is 49.4 Å². The molecule has 6 atom stereocenters. The fraction of sp³-hybridized carbons (Fsp3) is 0.950. The largest absolute Gasteiger partial charge is 0.462 e. The van der Waals surface area contributed by atoms with E-state index in [1.165, 1.54) is 116 Å². The number of carbonyl (C=O) groups excluding carboxylic acids is 2. The molecule has 50 heavy (non-hydrogen) atoms. The topological polar surface area (TPSA) is 152 Å². The molecule has 10 nitrogen and oxygen atoms in total. The highest BCUT2D eigenvalue weighted by atomic mass is 16.7. The highest BCUT2D eigenvalue weighted by Crippen LogP contribution is 2.23. The van der Waals surface area contributed by atoms with Crippen LogP contribution in [-0.2, 0) is 28.5 Å². The summed E-state index contributed by atoms with van der Waals surface area (Å²) in [6.45, 7) is 3.41. The zero-order chi connectivity index (χ0) is 36.7. The lowest BCUT2D eigenvalue weighted by molar-refractivity contribution is -0.305. The summed E-state index contributed by atoms with van der Waals surface area (Å²) < 4.78 is 22.1. The molecule has 0 spiro atoms. The number of carbonyl (C=O) groups is 2. The van der Waals surface area contributed by atoms with Crippen LogP contribution in [0.5, 0.6) is 0 Å². The van der Waals surface area contributed by atoms with E-state index in [1.807, 2.05) is 0 Å². The molecule has 1 saturated heterocycles. The van der Waals surface area contributed by atoms with Crippen molar-refractivity contribution in [2.45, 2.75) is 224 Å². The molecule has 296 valence electrons. The van der Waals surface area contributed by atoms with Crippen LogP contribution in [0.1, 0.15) is 187 Å². The first kappa shape index (κ1) is 46.7. The lowest BCUT2D eigenvalue weighted by atomic mass is 9.99. The molecule has 0 aromatic rings. The van der Waals surface area contributed by atoms with Gasteiger partial charge in [0, 0.05) is 12.8 Å². The van der Waals surface area contributed by atoms with Crippen LogP contribution in [0.25, 0.3) is 0 Å². The molecule has 0 radical (unpaired) electrons. The quantitative estimate of drug-likeness (QED) is 0.0383. The Kier molecular flexibility index (Phi) is 30.2. The van der Waals surface area contributed by atoms with Gasteiger partial charge in [0.2, 0.25) is 0 Å². The van der Waals surface area contributed by atoms with Gasteiger partial charge in [-0.2, -0.15) is 0 Å². The molecule has 0 aliphatic carbocycles. The van der Waals surface area contributed by atoms with Gasteiger partial charge in [-0.05, 0) is 12.8 Å². The monoisotopic (exact) mass is 717 g/mol. The van der Waals surface area contributed by atoms with Crippen molar-refractivity contribution < 1.29 is 49.0 Å². The Morgan fingerprint density at radius 2 is 0.940 bits per heavy atom. The molecule has 2 unspecified atom stereocenters. The maximum atomic E-state index is 12.7. The number of unbranched alkanes of at least 4 members (excludes halogenated alkanes) is 23. The summed E-state index contributed by atoms with van der Waals surface area (Å²) in [6, 6.07) is 0. The smallest absolute Gasteiger partial charge is 0.306 e. The normalized spacial score (nSPS) is 21.3. The summed E-state index contributed by atoms with van der Waals surface area (Å²) in [5.41, 5.74) is 0. The third-order valence-electron chi connectivity index (χ3n) is 9.74. The number of rotatable bonds is 34. The molecule has 0 amide bonds. The van der Waals surface area contributed by atoms with Crippen LogP contribution in [0.3, 0.4) is 0 Å². The molecular formula is C40H76O10. The Hall–Kier alpha value is -1.30. The third-order valence-corrected chi connectivity index (χ3v) is 9.74. The third kappa shape index (κ3) is 24.0. The second-order valence-corrected chi connectivity index (χ2v) is 14.5. The first-order chi connectivity index (χ1) is 24.3. The van der Waals surface area contributed by atoms with Gasteiger partial charge in [0.15, 0.2) is 12.4 Å². The van der Waals surface area contributed by atoms with Gasteiger partial charge in [-0.1, -0.05) is 162 Å². The van der Waals surface area contributed by atoms with E-state index in [-0.39, 0.29) is 32.0 Å². The number of hydrogen-bond donors (Lipinski definition) is 4. The molecule has 0 aromatic heterocycles. The number of aliphatic hydroxyl groups excluding tert-OH is 4. The SMILES string of the molecule is CCCCCCCCCCCCCCCCCCC(=O)O[C@H](COC(=O)CCCCCCCCCCC)CO[C@@H]1O[C@H](CO)[C@H](O)C(O)C1O. The highest BCUT2D eigenvalue weighted by molar-refractivity contribution is 5.70. The van der Waals surface area contributed by atoms with E-state index in [0.717, 1.165) is 38.5 Å².